The molecule has 4 fully saturated rings. The van der Waals surface area contributed by atoms with Crippen LogP contribution in [0.25, 0.3) is 0 Å². The molecule has 166 valence electrons. The molecule has 0 aromatic rings. The maximum absolute atomic E-state index is 12.1. The third kappa shape index (κ3) is 3.65. The molecule has 0 aliphatic heterocycles. The van der Waals surface area contributed by atoms with E-state index in [2.05, 4.69) is 41.5 Å². The van der Waals surface area contributed by atoms with Crippen LogP contribution in [0.5, 0.6) is 0 Å². The zero-order chi connectivity index (χ0) is 21.0. The second-order valence-electron chi connectivity index (χ2n) is 12.9. The highest BCUT2D eigenvalue weighted by molar-refractivity contribution is 5.79. The number of carbonyl (C=O) groups is 1. The van der Waals surface area contributed by atoms with Gasteiger partial charge >= 0.3 is 0 Å². The van der Waals surface area contributed by atoms with Gasteiger partial charge in [0.15, 0.2) is 0 Å². The molecule has 0 heterocycles. The minimum absolute atomic E-state index is 0.467. The van der Waals surface area contributed by atoms with Crippen molar-refractivity contribution in [1.29, 1.82) is 0 Å². The van der Waals surface area contributed by atoms with Crippen LogP contribution in [0.15, 0.2) is 0 Å². The van der Waals surface area contributed by atoms with Gasteiger partial charge in [-0.2, -0.15) is 0 Å². The Bertz CT molecular complexity index is 607. The number of fused-ring (bicyclic) bond motifs is 5. The van der Waals surface area contributed by atoms with Crippen LogP contribution in [-0.4, -0.2) is 5.78 Å². The Morgan fingerprint density at radius 3 is 2.31 bits per heavy atom. The molecule has 0 unspecified atom stereocenters. The monoisotopic (exact) mass is 400 g/mol. The molecule has 29 heavy (non-hydrogen) atoms. The quantitative estimate of drug-likeness (QED) is 0.458. The van der Waals surface area contributed by atoms with E-state index in [4.69, 9.17) is 0 Å². The fraction of sp³-hybridized carbons (Fsp3) is 0.964. The van der Waals surface area contributed by atoms with E-state index in [0.29, 0.717) is 22.5 Å². The van der Waals surface area contributed by atoms with Gasteiger partial charge in [0, 0.05) is 12.8 Å². The van der Waals surface area contributed by atoms with E-state index < -0.39 is 0 Å². The van der Waals surface area contributed by atoms with Crippen LogP contribution in [0.4, 0.5) is 0 Å². The summed E-state index contributed by atoms with van der Waals surface area (Å²) < 4.78 is 0. The summed E-state index contributed by atoms with van der Waals surface area (Å²) in [5, 5.41) is 0. The standard InChI is InChI=1S/C28H48O/c1-18(2)19(3)7-8-20(4)24-11-12-25-23-10-9-21-17-22(29)13-15-27(21,5)26(23)14-16-28(24,25)6/h18-21,23-26H,7-17H2,1-6H3/t19-,20+,21+,23-,24-,25+,26-,27+,28-/m0/s1. The van der Waals surface area contributed by atoms with Crippen LogP contribution in [0.1, 0.15) is 112 Å². The third-order valence-corrected chi connectivity index (χ3v) is 11.5. The Morgan fingerprint density at radius 1 is 0.862 bits per heavy atom. The van der Waals surface area contributed by atoms with Gasteiger partial charge < -0.3 is 0 Å². The molecule has 4 rings (SSSR count). The number of ketones is 1. The van der Waals surface area contributed by atoms with Crippen molar-refractivity contribution in [3.63, 3.8) is 0 Å². The lowest BCUT2D eigenvalue weighted by molar-refractivity contribution is -0.140. The van der Waals surface area contributed by atoms with Crippen molar-refractivity contribution in [2.75, 3.05) is 0 Å². The van der Waals surface area contributed by atoms with Crippen LogP contribution < -0.4 is 0 Å². The van der Waals surface area contributed by atoms with Gasteiger partial charge in [-0.1, -0.05) is 54.4 Å². The molecule has 0 aromatic carbocycles. The second kappa shape index (κ2) is 7.98. The number of Topliss-reactive ketones (excluding diaryl/α,β-unsaturated/α-hetero) is 1. The maximum Gasteiger partial charge on any atom is 0.133 e. The molecule has 4 aliphatic rings. The van der Waals surface area contributed by atoms with Crippen LogP contribution in [0.2, 0.25) is 0 Å². The summed E-state index contributed by atoms with van der Waals surface area (Å²) in [5.74, 6) is 7.60. The first-order chi connectivity index (χ1) is 13.7. The van der Waals surface area contributed by atoms with Gasteiger partial charge in [-0.25, -0.2) is 0 Å². The van der Waals surface area contributed by atoms with E-state index in [9.17, 15) is 4.79 Å². The predicted molar refractivity (Wildman–Crippen MR) is 123 cm³/mol. The highest BCUT2D eigenvalue weighted by atomic mass is 16.1. The maximum atomic E-state index is 12.1. The van der Waals surface area contributed by atoms with Crippen LogP contribution in [0, 0.1) is 58.2 Å². The van der Waals surface area contributed by atoms with Gasteiger partial charge in [0.1, 0.15) is 5.78 Å². The first-order valence-corrected chi connectivity index (χ1v) is 13.2. The molecular formula is C28H48O. The molecule has 4 saturated carbocycles. The fourth-order valence-electron chi connectivity index (χ4n) is 9.08. The van der Waals surface area contributed by atoms with Gasteiger partial charge in [-0.3, -0.25) is 4.79 Å². The summed E-state index contributed by atoms with van der Waals surface area (Å²) in [6.45, 7) is 15.1. The van der Waals surface area contributed by atoms with E-state index in [1.54, 1.807) is 0 Å². The van der Waals surface area contributed by atoms with E-state index in [0.717, 1.165) is 54.3 Å². The summed E-state index contributed by atoms with van der Waals surface area (Å²) in [7, 11) is 0. The van der Waals surface area contributed by atoms with Crippen molar-refractivity contribution >= 4 is 5.78 Å². The smallest absolute Gasteiger partial charge is 0.133 e. The Kier molecular flexibility index (Phi) is 6.02. The molecule has 0 bridgehead atoms. The van der Waals surface area contributed by atoms with Gasteiger partial charge in [0.25, 0.3) is 0 Å². The van der Waals surface area contributed by atoms with Gasteiger partial charge in [0.05, 0.1) is 0 Å². The minimum Gasteiger partial charge on any atom is -0.300 e. The lowest BCUT2D eigenvalue weighted by atomic mass is 9.44. The number of rotatable bonds is 5. The number of carbonyl (C=O) groups excluding carboxylic acids is 1. The molecule has 0 spiro atoms. The Labute approximate surface area is 181 Å². The van der Waals surface area contributed by atoms with Crippen molar-refractivity contribution in [1.82, 2.24) is 0 Å². The summed E-state index contributed by atoms with van der Waals surface area (Å²) in [6.07, 6.45) is 14.4. The predicted octanol–water partition coefficient (Wildman–Crippen LogP) is 7.92. The lowest BCUT2D eigenvalue weighted by Crippen LogP contribution is -2.53. The molecule has 4 aliphatic carbocycles. The van der Waals surface area contributed by atoms with Gasteiger partial charge in [-0.05, 0) is 103 Å². The highest BCUT2D eigenvalue weighted by Gasteiger charge is 2.60. The summed E-state index contributed by atoms with van der Waals surface area (Å²) in [5.41, 5.74) is 1.06. The average molecular weight is 401 g/mol. The molecule has 1 heteroatoms. The van der Waals surface area contributed by atoms with Crippen molar-refractivity contribution in [3.8, 4) is 0 Å². The Hall–Kier alpha value is -0.330. The SMILES string of the molecule is CC(C)[C@@H](C)CC[C@@H](C)[C@@H]1CC[C@@H]2[C@@H]3CC[C@@H]4CC(=O)CC[C@@]4(C)[C@H]3CC[C@]21C. The van der Waals surface area contributed by atoms with Gasteiger partial charge in [0.2, 0.25) is 0 Å². The van der Waals surface area contributed by atoms with E-state index in [1.165, 1.54) is 57.8 Å². The highest BCUT2D eigenvalue weighted by Crippen LogP contribution is 2.68. The molecule has 0 aromatic heterocycles. The second-order valence-corrected chi connectivity index (χ2v) is 12.9. The zero-order valence-electron chi connectivity index (χ0n) is 20.3. The Morgan fingerprint density at radius 2 is 1.59 bits per heavy atom. The molecular weight excluding hydrogens is 352 g/mol. The molecule has 0 N–H and O–H groups in total. The molecule has 0 saturated heterocycles. The minimum atomic E-state index is 0.467. The molecule has 0 radical (unpaired) electrons. The average Bonchev–Trinajstić information content (AvgIpc) is 3.03. The van der Waals surface area contributed by atoms with Crippen LogP contribution >= 0.6 is 0 Å². The van der Waals surface area contributed by atoms with Gasteiger partial charge in [-0.15, -0.1) is 0 Å². The van der Waals surface area contributed by atoms with E-state index in [-0.39, 0.29) is 0 Å². The largest absolute Gasteiger partial charge is 0.300 e. The first-order valence-electron chi connectivity index (χ1n) is 13.2. The summed E-state index contributed by atoms with van der Waals surface area (Å²) >= 11 is 0. The third-order valence-electron chi connectivity index (χ3n) is 11.5. The van der Waals surface area contributed by atoms with Crippen LogP contribution in [-0.2, 0) is 4.79 Å². The molecule has 9 atom stereocenters. The van der Waals surface area contributed by atoms with Crippen molar-refractivity contribution in [3.05, 3.63) is 0 Å². The lowest BCUT2D eigenvalue weighted by Gasteiger charge is -2.60. The van der Waals surface area contributed by atoms with Crippen LogP contribution in [0.3, 0.4) is 0 Å². The van der Waals surface area contributed by atoms with E-state index >= 15 is 0 Å². The normalized spacial score (nSPS) is 46.7. The van der Waals surface area contributed by atoms with E-state index in [1.807, 2.05) is 0 Å². The molecule has 0 amide bonds. The van der Waals surface area contributed by atoms with Crippen molar-refractivity contribution < 1.29 is 4.79 Å². The summed E-state index contributed by atoms with van der Waals surface area (Å²) in [4.78, 5) is 12.1. The fourth-order valence-corrected chi connectivity index (χ4v) is 9.08. The number of hydrogen-bond acceptors (Lipinski definition) is 1. The zero-order valence-corrected chi connectivity index (χ0v) is 20.3. The van der Waals surface area contributed by atoms with Crippen molar-refractivity contribution in [2.45, 2.75) is 112 Å². The summed E-state index contributed by atoms with van der Waals surface area (Å²) in [6, 6.07) is 0. The topological polar surface area (TPSA) is 17.1 Å². The van der Waals surface area contributed by atoms with Crippen molar-refractivity contribution in [2.24, 2.45) is 58.2 Å². The Balaban J connectivity index is 1.46. The first kappa shape index (κ1) is 21.9. The number of hydrogen-bond donors (Lipinski definition) is 0. The molecule has 1 nitrogen and oxygen atoms in total.